The predicted molar refractivity (Wildman–Crippen MR) is 105 cm³/mol. The van der Waals surface area contributed by atoms with E-state index in [1.807, 2.05) is 0 Å². The van der Waals surface area contributed by atoms with Crippen LogP contribution in [-0.2, 0) is 10.0 Å². The number of carbonyl (C=O) groups is 1. The highest BCUT2D eigenvalue weighted by atomic mass is 35.5. The molecule has 0 fully saturated rings. The lowest BCUT2D eigenvalue weighted by molar-refractivity contribution is 0.102. The Bertz CT molecular complexity index is 1110. The van der Waals surface area contributed by atoms with Crippen LogP contribution in [0.25, 0.3) is 11.3 Å². The summed E-state index contributed by atoms with van der Waals surface area (Å²) in [4.78, 5) is 12.8. The fourth-order valence-electron chi connectivity index (χ4n) is 2.54. The molecule has 2 aromatic carbocycles. The quantitative estimate of drug-likeness (QED) is 0.669. The molecule has 0 atom stereocenters. The predicted octanol–water partition coefficient (Wildman–Crippen LogP) is 3.93. The van der Waals surface area contributed by atoms with Crippen LogP contribution in [0.4, 0.5) is 11.4 Å². The molecule has 9 heteroatoms. The van der Waals surface area contributed by atoms with Gasteiger partial charge in [-0.3, -0.25) is 9.52 Å². The Hall–Kier alpha value is -2.84. The number of sulfonamides is 1. The third kappa shape index (κ3) is 4.47. The Labute approximate surface area is 161 Å². The highest BCUT2D eigenvalue weighted by Gasteiger charge is 2.23. The van der Waals surface area contributed by atoms with Crippen molar-refractivity contribution >= 4 is 38.9 Å². The van der Waals surface area contributed by atoms with E-state index in [1.54, 1.807) is 49.4 Å². The van der Waals surface area contributed by atoms with Gasteiger partial charge >= 0.3 is 0 Å². The van der Waals surface area contributed by atoms with Gasteiger partial charge in [0, 0.05) is 11.3 Å². The molecule has 3 rings (SSSR count). The third-order valence-corrected chi connectivity index (χ3v) is 4.58. The first kappa shape index (κ1) is 18.9. The first-order valence-electron chi connectivity index (χ1n) is 7.85. The number of nitrogens with one attached hydrogen (secondary N) is 2. The molecule has 0 unspecified atom stereocenters. The van der Waals surface area contributed by atoms with Gasteiger partial charge in [0.25, 0.3) is 5.91 Å². The lowest BCUT2D eigenvalue weighted by Crippen LogP contribution is -2.14. The number of anilines is 2. The first-order valence-corrected chi connectivity index (χ1v) is 10.1. The number of amides is 1. The molecule has 0 aliphatic rings. The van der Waals surface area contributed by atoms with E-state index in [1.165, 1.54) is 6.07 Å². The molecule has 27 heavy (non-hydrogen) atoms. The molecule has 0 saturated heterocycles. The van der Waals surface area contributed by atoms with Crippen LogP contribution in [0, 0.1) is 6.92 Å². The number of carbonyl (C=O) groups excluding carboxylic acids is 1. The number of nitrogens with zero attached hydrogens (tertiary/aromatic N) is 1. The van der Waals surface area contributed by atoms with Crippen LogP contribution in [0.2, 0.25) is 5.02 Å². The van der Waals surface area contributed by atoms with Crippen LogP contribution in [0.1, 0.15) is 16.1 Å². The van der Waals surface area contributed by atoms with Crippen LogP contribution in [0.3, 0.4) is 0 Å². The summed E-state index contributed by atoms with van der Waals surface area (Å²) in [7, 11) is -3.42. The van der Waals surface area contributed by atoms with Gasteiger partial charge in [0.15, 0.2) is 0 Å². The standard InChI is InChI=1S/C18H16ClN3O4S/c1-11-16(17(21-26-11)14-8-3-4-9-15(14)19)18(23)20-12-6-5-7-13(10-12)22-27(2,24)25/h3-10,22H,1-2H3,(H,20,23). The Balaban J connectivity index is 1.91. The molecule has 1 aromatic heterocycles. The van der Waals surface area contributed by atoms with Crippen molar-refractivity contribution in [2.45, 2.75) is 6.92 Å². The minimum absolute atomic E-state index is 0.254. The molecule has 7 nitrogen and oxygen atoms in total. The Morgan fingerprint density at radius 1 is 1.11 bits per heavy atom. The fourth-order valence-corrected chi connectivity index (χ4v) is 3.33. The van der Waals surface area contributed by atoms with Crippen LogP contribution < -0.4 is 10.0 Å². The van der Waals surface area contributed by atoms with Gasteiger partial charge in [-0.15, -0.1) is 0 Å². The summed E-state index contributed by atoms with van der Waals surface area (Å²) in [5.74, 6) is -0.104. The summed E-state index contributed by atoms with van der Waals surface area (Å²) in [6.07, 6.45) is 1.05. The number of hydrogen-bond donors (Lipinski definition) is 2. The zero-order chi connectivity index (χ0) is 19.6. The second kappa shape index (κ2) is 7.42. The van der Waals surface area contributed by atoms with E-state index in [9.17, 15) is 13.2 Å². The van der Waals surface area contributed by atoms with Gasteiger partial charge in [-0.05, 0) is 31.2 Å². The maximum Gasteiger partial charge on any atom is 0.261 e. The Kier molecular flexibility index (Phi) is 5.20. The van der Waals surface area contributed by atoms with Crippen molar-refractivity contribution in [3.8, 4) is 11.3 Å². The Morgan fingerprint density at radius 3 is 2.52 bits per heavy atom. The van der Waals surface area contributed by atoms with Crippen LogP contribution in [0.15, 0.2) is 53.1 Å². The molecule has 0 aliphatic carbocycles. The molecule has 0 aliphatic heterocycles. The second-order valence-corrected chi connectivity index (χ2v) is 8.01. The molecule has 0 radical (unpaired) electrons. The number of aryl methyl sites for hydroxylation is 1. The van der Waals surface area contributed by atoms with E-state index in [0.717, 1.165) is 6.26 Å². The second-order valence-electron chi connectivity index (χ2n) is 5.85. The molecule has 1 amide bonds. The van der Waals surface area contributed by atoms with Crippen molar-refractivity contribution in [1.29, 1.82) is 0 Å². The molecule has 0 saturated carbocycles. The van der Waals surface area contributed by atoms with Crippen molar-refractivity contribution in [3.63, 3.8) is 0 Å². The minimum Gasteiger partial charge on any atom is -0.360 e. The smallest absolute Gasteiger partial charge is 0.261 e. The molecular formula is C18H16ClN3O4S. The van der Waals surface area contributed by atoms with Gasteiger partial charge < -0.3 is 9.84 Å². The van der Waals surface area contributed by atoms with E-state index in [0.29, 0.717) is 33.4 Å². The zero-order valence-electron chi connectivity index (χ0n) is 14.5. The summed E-state index contributed by atoms with van der Waals surface area (Å²) in [6, 6.07) is 13.4. The SMILES string of the molecule is Cc1onc(-c2ccccc2Cl)c1C(=O)Nc1cccc(NS(C)(=O)=O)c1. The van der Waals surface area contributed by atoms with Gasteiger partial charge in [0.05, 0.1) is 17.0 Å². The summed E-state index contributed by atoms with van der Waals surface area (Å²) in [5.41, 5.74) is 1.92. The number of halogens is 1. The molecular weight excluding hydrogens is 390 g/mol. The molecule has 3 aromatic rings. The number of aromatic nitrogens is 1. The molecule has 1 heterocycles. The monoisotopic (exact) mass is 405 g/mol. The van der Waals surface area contributed by atoms with Gasteiger partial charge in [-0.1, -0.05) is 41.0 Å². The highest BCUT2D eigenvalue weighted by molar-refractivity contribution is 7.92. The van der Waals surface area contributed by atoms with Crippen molar-refractivity contribution in [2.24, 2.45) is 0 Å². The number of benzene rings is 2. The average Bonchev–Trinajstić information content (AvgIpc) is 2.95. The van der Waals surface area contributed by atoms with E-state index in [-0.39, 0.29) is 5.56 Å². The van der Waals surface area contributed by atoms with Crippen molar-refractivity contribution in [1.82, 2.24) is 5.16 Å². The normalized spacial score (nSPS) is 11.2. The van der Waals surface area contributed by atoms with Crippen molar-refractivity contribution in [2.75, 3.05) is 16.3 Å². The van der Waals surface area contributed by atoms with Gasteiger partial charge in [-0.25, -0.2) is 8.42 Å². The van der Waals surface area contributed by atoms with Crippen molar-refractivity contribution < 1.29 is 17.7 Å². The Morgan fingerprint density at radius 2 is 1.81 bits per heavy atom. The minimum atomic E-state index is -3.42. The van der Waals surface area contributed by atoms with Crippen LogP contribution in [-0.4, -0.2) is 25.7 Å². The third-order valence-electron chi connectivity index (χ3n) is 3.64. The lowest BCUT2D eigenvalue weighted by Gasteiger charge is -2.09. The average molecular weight is 406 g/mol. The topological polar surface area (TPSA) is 101 Å². The summed E-state index contributed by atoms with van der Waals surface area (Å²) in [5, 5.41) is 7.13. The van der Waals surface area contributed by atoms with E-state index >= 15 is 0 Å². The first-order chi connectivity index (χ1) is 12.7. The van der Waals surface area contributed by atoms with Gasteiger partial charge in [0.2, 0.25) is 10.0 Å². The van der Waals surface area contributed by atoms with Crippen molar-refractivity contribution in [3.05, 3.63) is 64.9 Å². The largest absolute Gasteiger partial charge is 0.360 e. The maximum atomic E-state index is 12.8. The van der Waals surface area contributed by atoms with Gasteiger partial charge in [0.1, 0.15) is 17.0 Å². The number of rotatable bonds is 5. The van der Waals surface area contributed by atoms with Gasteiger partial charge in [-0.2, -0.15) is 0 Å². The fraction of sp³-hybridized carbons (Fsp3) is 0.111. The highest BCUT2D eigenvalue weighted by Crippen LogP contribution is 2.31. The lowest BCUT2D eigenvalue weighted by atomic mass is 10.1. The van der Waals surface area contributed by atoms with E-state index in [4.69, 9.17) is 16.1 Å². The van der Waals surface area contributed by atoms with Crippen LogP contribution in [0.5, 0.6) is 0 Å². The van der Waals surface area contributed by atoms with E-state index in [2.05, 4.69) is 15.2 Å². The van der Waals surface area contributed by atoms with E-state index < -0.39 is 15.9 Å². The summed E-state index contributed by atoms with van der Waals surface area (Å²) >= 11 is 6.21. The zero-order valence-corrected chi connectivity index (χ0v) is 16.1. The molecule has 140 valence electrons. The summed E-state index contributed by atoms with van der Waals surface area (Å²) in [6.45, 7) is 1.63. The summed E-state index contributed by atoms with van der Waals surface area (Å²) < 4.78 is 30.3. The molecule has 0 bridgehead atoms. The molecule has 2 N–H and O–H groups in total. The van der Waals surface area contributed by atoms with Crippen LogP contribution >= 0.6 is 11.6 Å². The molecule has 0 spiro atoms. The maximum absolute atomic E-state index is 12.8. The number of hydrogen-bond acceptors (Lipinski definition) is 5.